The molecule has 2 heterocycles. The predicted molar refractivity (Wildman–Crippen MR) is 136 cm³/mol. The van der Waals surface area contributed by atoms with Crippen molar-refractivity contribution < 1.29 is 0 Å². The third kappa shape index (κ3) is 11.1. The summed E-state index contributed by atoms with van der Waals surface area (Å²) in [4.78, 5) is 11.2. The van der Waals surface area contributed by atoms with E-state index in [1.165, 1.54) is 116 Å². The van der Waals surface area contributed by atoms with Gasteiger partial charge in [-0.05, 0) is 19.3 Å². The first kappa shape index (κ1) is 25.7. The van der Waals surface area contributed by atoms with Crippen molar-refractivity contribution in [3.05, 3.63) is 6.33 Å². The minimum atomic E-state index is 0.717. The highest BCUT2D eigenvalue weighted by Gasteiger charge is 2.16. The lowest BCUT2D eigenvalue weighted by Crippen LogP contribution is -2.26. The Bertz CT molecular complexity index is 555. The molecule has 0 radical (unpaired) electrons. The van der Waals surface area contributed by atoms with Gasteiger partial charge in [0.15, 0.2) is 11.6 Å². The second kappa shape index (κ2) is 17.1. The van der Waals surface area contributed by atoms with Crippen LogP contribution in [0.25, 0.3) is 0 Å². The number of hydrogen-bond donors (Lipinski definition) is 2. The molecule has 5 heteroatoms. The Balaban J connectivity index is 1.47. The Morgan fingerprint density at radius 1 is 0.742 bits per heavy atom. The van der Waals surface area contributed by atoms with Gasteiger partial charge in [-0.1, -0.05) is 103 Å². The Labute approximate surface area is 192 Å². The molecule has 1 aromatic heterocycles. The second-order valence-corrected chi connectivity index (χ2v) is 9.38. The van der Waals surface area contributed by atoms with E-state index in [-0.39, 0.29) is 0 Å². The van der Waals surface area contributed by atoms with Crippen LogP contribution >= 0.6 is 0 Å². The first-order valence-corrected chi connectivity index (χ1v) is 13.4. The lowest BCUT2D eigenvalue weighted by Gasteiger charge is -2.23. The summed E-state index contributed by atoms with van der Waals surface area (Å²) in [6.45, 7) is 5.34. The Hall–Kier alpha value is -1.52. The van der Waals surface area contributed by atoms with Gasteiger partial charge in [-0.25, -0.2) is 9.97 Å². The number of nitrogens with zero attached hydrogens (tertiary/aromatic N) is 3. The molecule has 178 valence electrons. The minimum Gasteiger partial charge on any atom is -0.393 e. The van der Waals surface area contributed by atoms with E-state index in [1.54, 1.807) is 6.33 Å². The number of aromatic nitrogens is 2. The van der Waals surface area contributed by atoms with Gasteiger partial charge in [-0.15, -0.1) is 0 Å². The van der Waals surface area contributed by atoms with Crippen molar-refractivity contribution >= 4 is 17.3 Å². The van der Waals surface area contributed by atoms with E-state index in [4.69, 9.17) is 5.73 Å². The molecule has 0 unspecified atom stereocenters. The monoisotopic (exact) mass is 431 g/mol. The van der Waals surface area contributed by atoms with Crippen LogP contribution < -0.4 is 16.0 Å². The number of rotatable bonds is 17. The van der Waals surface area contributed by atoms with E-state index in [2.05, 4.69) is 27.1 Å². The van der Waals surface area contributed by atoms with Crippen LogP contribution in [0.1, 0.15) is 122 Å². The summed E-state index contributed by atoms with van der Waals surface area (Å²) in [6.07, 6.45) is 26.2. The molecule has 1 fully saturated rings. The van der Waals surface area contributed by atoms with Crippen molar-refractivity contribution in [3.8, 4) is 0 Å². The van der Waals surface area contributed by atoms with Crippen LogP contribution in [-0.4, -0.2) is 29.6 Å². The largest absolute Gasteiger partial charge is 0.393 e. The van der Waals surface area contributed by atoms with Gasteiger partial charge in [0.2, 0.25) is 0 Å². The number of hydrogen-bond acceptors (Lipinski definition) is 5. The third-order valence-electron chi connectivity index (χ3n) is 6.59. The summed E-state index contributed by atoms with van der Waals surface area (Å²) in [5.74, 6) is 1.73. The molecule has 31 heavy (non-hydrogen) atoms. The summed E-state index contributed by atoms with van der Waals surface area (Å²) >= 11 is 0. The summed E-state index contributed by atoms with van der Waals surface area (Å²) in [6, 6.07) is 0. The lowest BCUT2D eigenvalue weighted by molar-refractivity contribution is 0.537. The summed E-state index contributed by atoms with van der Waals surface area (Å²) in [7, 11) is 0. The van der Waals surface area contributed by atoms with Gasteiger partial charge in [0.25, 0.3) is 0 Å². The summed E-state index contributed by atoms with van der Waals surface area (Å²) in [5.41, 5.74) is 7.11. The van der Waals surface area contributed by atoms with Gasteiger partial charge >= 0.3 is 0 Å². The molecule has 0 spiro atoms. The van der Waals surface area contributed by atoms with Crippen molar-refractivity contribution in [1.29, 1.82) is 0 Å². The first-order valence-electron chi connectivity index (χ1n) is 13.4. The van der Waals surface area contributed by atoms with Crippen LogP contribution in [0.15, 0.2) is 6.33 Å². The molecule has 2 rings (SSSR count). The maximum absolute atomic E-state index is 6.40. The molecule has 1 saturated heterocycles. The molecule has 0 saturated carbocycles. The second-order valence-electron chi connectivity index (χ2n) is 9.38. The van der Waals surface area contributed by atoms with Gasteiger partial charge in [-0.3, -0.25) is 0 Å². The summed E-state index contributed by atoms with van der Waals surface area (Å²) in [5, 5.41) is 3.45. The van der Waals surface area contributed by atoms with E-state index in [0.717, 1.165) is 37.0 Å². The number of anilines is 3. The topological polar surface area (TPSA) is 67.1 Å². The Morgan fingerprint density at radius 2 is 1.26 bits per heavy atom. The standard InChI is InChI=1S/C26H49N5/c1-2-3-4-5-6-7-8-9-10-11-12-13-14-17-20-28-25-24(27)26(30-23-29-25)31-21-18-15-16-19-22-31/h23H,2-22,27H2,1H3,(H,28,29,30). The maximum atomic E-state index is 6.40. The average molecular weight is 432 g/mol. The predicted octanol–water partition coefficient (Wildman–Crippen LogP) is 7.33. The highest BCUT2D eigenvalue weighted by molar-refractivity contribution is 5.74. The fourth-order valence-corrected chi connectivity index (χ4v) is 4.59. The van der Waals surface area contributed by atoms with Gasteiger partial charge in [0, 0.05) is 19.6 Å². The number of nitrogens with one attached hydrogen (secondary N) is 1. The Kier molecular flexibility index (Phi) is 14.2. The zero-order valence-electron chi connectivity index (χ0n) is 20.3. The zero-order chi connectivity index (χ0) is 22.0. The highest BCUT2D eigenvalue weighted by Crippen LogP contribution is 2.28. The van der Waals surface area contributed by atoms with Gasteiger partial charge in [0.1, 0.15) is 12.0 Å². The normalized spacial score (nSPS) is 14.5. The van der Waals surface area contributed by atoms with Crippen molar-refractivity contribution in [2.24, 2.45) is 0 Å². The highest BCUT2D eigenvalue weighted by atomic mass is 15.2. The van der Waals surface area contributed by atoms with Crippen molar-refractivity contribution in [2.45, 2.75) is 122 Å². The lowest BCUT2D eigenvalue weighted by atomic mass is 10.0. The maximum Gasteiger partial charge on any atom is 0.157 e. The van der Waals surface area contributed by atoms with Crippen LogP contribution in [0, 0.1) is 0 Å². The van der Waals surface area contributed by atoms with Gasteiger partial charge in [0.05, 0.1) is 0 Å². The van der Waals surface area contributed by atoms with Crippen molar-refractivity contribution in [1.82, 2.24) is 9.97 Å². The van der Waals surface area contributed by atoms with Crippen LogP contribution in [0.4, 0.5) is 17.3 Å². The molecule has 0 aliphatic carbocycles. The fourth-order valence-electron chi connectivity index (χ4n) is 4.59. The third-order valence-corrected chi connectivity index (χ3v) is 6.59. The summed E-state index contributed by atoms with van der Waals surface area (Å²) < 4.78 is 0. The number of nitrogens with two attached hydrogens (primary N) is 1. The number of nitrogen functional groups attached to an aromatic ring is 1. The fraction of sp³-hybridized carbons (Fsp3) is 0.846. The van der Waals surface area contributed by atoms with Crippen LogP contribution in [0.3, 0.4) is 0 Å². The zero-order valence-corrected chi connectivity index (χ0v) is 20.3. The Morgan fingerprint density at radius 3 is 1.81 bits per heavy atom. The van der Waals surface area contributed by atoms with Gasteiger partial charge < -0.3 is 16.0 Å². The van der Waals surface area contributed by atoms with Gasteiger partial charge in [-0.2, -0.15) is 0 Å². The van der Waals surface area contributed by atoms with E-state index in [9.17, 15) is 0 Å². The molecular formula is C26H49N5. The van der Waals surface area contributed by atoms with Crippen LogP contribution in [0.5, 0.6) is 0 Å². The molecule has 0 atom stereocenters. The molecule has 5 nitrogen and oxygen atoms in total. The SMILES string of the molecule is CCCCCCCCCCCCCCCCNc1ncnc(N2CCCCCC2)c1N. The average Bonchev–Trinajstić information content (AvgIpc) is 3.07. The quantitative estimate of drug-likeness (QED) is 0.253. The van der Waals surface area contributed by atoms with Crippen LogP contribution in [0.2, 0.25) is 0 Å². The number of unbranched alkanes of at least 4 members (excludes halogenated alkanes) is 13. The van der Waals surface area contributed by atoms with Crippen molar-refractivity contribution in [3.63, 3.8) is 0 Å². The first-order chi connectivity index (χ1) is 15.3. The van der Waals surface area contributed by atoms with E-state index < -0.39 is 0 Å². The molecule has 0 bridgehead atoms. The van der Waals surface area contributed by atoms with Crippen LogP contribution in [-0.2, 0) is 0 Å². The molecule has 1 aliphatic rings. The minimum absolute atomic E-state index is 0.717. The molecule has 3 N–H and O–H groups in total. The van der Waals surface area contributed by atoms with Crippen molar-refractivity contribution in [2.75, 3.05) is 35.6 Å². The smallest absolute Gasteiger partial charge is 0.157 e. The van der Waals surface area contributed by atoms with E-state index in [1.807, 2.05) is 0 Å². The van der Waals surface area contributed by atoms with E-state index >= 15 is 0 Å². The van der Waals surface area contributed by atoms with E-state index in [0.29, 0.717) is 0 Å². The molecule has 0 aromatic carbocycles. The molecule has 0 amide bonds. The molecule has 1 aromatic rings. The molecule has 1 aliphatic heterocycles. The molecular weight excluding hydrogens is 382 g/mol.